The van der Waals surface area contributed by atoms with Crippen molar-refractivity contribution in [1.82, 2.24) is 9.78 Å². The number of hydrogen-bond acceptors (Lipinski definition) is 5. The first-order valence-electron chi connectivity index (χ1n) is 11.4. The summed E-state index contributed by atoms with van der Waals surface area (Å²) in [7, 11) is -3.89. The Kier molecular flexibility index (Phi) is 6.56. The molecule has 0 unspecified atom stereocenters. The van der Waals surface area contributed by atoms with Gasteiger partial charge >= 0.3 is 0 Å². The molecule has 0 spiro atoms. The van der Waals surface area contributed by atoms with E-state index in [4.69, 9.17) is 0 Å². The van der Waals surface area contributed by atoms with Gasteiger partial charge in [-0.15, -0.1) is 0 Å². The van der Waals surface area contributed by atoms with Gasteiger partial charge in [-0.3, -0.25) is 14.3 Å². The molecule has 0 fully saturated rings. The highest BCUT2D eigenvalue weighted by Crippen LogP contribution is 2.36. The first-order chi connectivity index (χ1) is 16.2. The van der Waals surface area contributed by atoms with Crippen LogP contribution in [-0.2, 0) is 27.7 Å². The van der Waals surface area contributed by atoms with Gasteiger partial charge < -0.3 is 5.32 Å². The van der Waals surface area contributed by atoms with Crippen LogP contribution in [0.1, 0.15) is 54.7 Å². The molecular formula is C25H28N4O4S. The molecule has 3 aromatic rings. The Hall–Kier alpha value is -3.46. The van der Waals surface area contributed by atoms with E-state index >= 15 is 0 Å². The summed E-state index contributed by atoms with van der Waals surface area (Å²) >= 11 is 0. The summed E-state index contributed by atoms with van der Waals surface area (Å²) in [5.74, 6) is -0.241. The molecule has 0 aliphatic carbocycles. The summed E-state index contributed by atoms with van der Waals surface area (Å²) in [5, 5.41) is 7.28. The zero-order chi connectivity index (χ0) is 24.5. The van der Waals surface area contributed by atoms with Gasteiger partial charge in [-0.1, -0.05) is 44.5 Å². The fourth-order valence-electron chi connectivity index (χ4n) is 4.11. The SMILES string of the molecule is CCCc1nn2c(c1-c1ccc(C)c(S(=O)(=O)Nc3cccc(CC)c3)c1)NC(=O)CCC2=O. The fourth-order valence-corrected chi connectivity index (χ4v) is 5.43. The Morgan fingerprint density at radius 3 is 2.62 bits per heavy atom. The minimum absolute atomic E-state index is 0.0692. The zero-order valence-corrected chi connectivity index (χ0v) is 20.3. The van der Waals surface area contributed by atoms with Crippen molar-refractivity contribution in [3.8, 4) is 11.1 Å². The molecule has 2 aromatic carbocycles. The molecule has 1 aromatic heterocycles. The molecule has 9 heteroatoms. The lowest BCUT2D eigenvalue weighted by molar-refractivity contribution is -0.116. The summed E-state index contributed by atoms with van der Waals surface area (Å²) in [6, 6.07) is 12.4. The van der Waals surface area contributed by atoms with Gasteiger partial charge in [-0.25, -0.2) is 8.42 Å². The van der Waals surface area contributed by atoms with Gasteiger partial charge in [0.2, 0.25) is 11.8 Å². The highest BCUT2D eigenvalue weighted by atomic mass is 32.2. The van der Waals surface area contributed by atoms with Crippen molar-refractivity contribution in [2.24, 2.45) is 0 Å². The largest absolute Gasteiger partial charge is 0.310 e. The van der Waals surface area contributed by atoms with Crippen LogP contribution < -0.4 is 10.0 Å². The number of aromatic nitrogens is 2. The van der Waals surface area contributed by atoms with E-state index < -0.39 is 10.0 Å². The number of aryl methyl sites for hydroxylation is 3. The molecule has 1 amide bonds. The summed E-state index contributed by atoms with van der Waals surface area (Å²) in [6.07, 6.45) is 2.30. The second-order valence-electron chi connectivity index (χ2n) is 8.41. The van der Waals surface area contributed by atoms with Crippen molar-refractivity contribution >= 4 is 33.3 Å². The number of amides is 1. The van der Waals surface area contributed by atoms with Gasteiger partial charge in [0, 0.05) is 24.1 Å². The van der Waals surface area contributed by atoms with E-state index in [1.165, 1.54) is 4.68 Å². The van der Waals surface area contributed by atoms with Crippen LogP contribution in [0.2, 0.25) is 0 Å². The first kappa shape index (κ1) is 23.7. The molecule has 1 aliphatic rings. The third kappa shape index (κ3) is 4.61. The Morgan fingerprint density at radius 1 is 1.09 bits per heavy atom. The van der Waals surface area contributed by atoms with Crippen molar-refractivity contribution in [1.29, 1.82) is 0 Å². The maximum absolute atomic E-state index is 13.3. The van der Waals surface area contributed by atoms with E-state index in [1.54, 1.807) is 31.2 Å². The van der Waals surface area contributed by atoms with E-state index in [1.807, 2.05) is 32.0 Å². The summed E-state index contributed by atoms with van der Waals surface area (Å²) in [4.78, 5) is 25.0. The highest BCUT2D eigenvalue weighted by Gasteiger charge is 2.28. The number of sulfonamides is 1. The number of benzene rings is 2. The summed E-state index contributed by atoms with van der Waals surface area (Å²) in [5.41, 5.74) is 3.90. The van der Waals surface area contributed by atoms with Crippen LogP contribution in [0.5, 0.6) is 0 Å². The molecule has 0 saturated carbocycles. The van der Waals surface area contributed by atoms with E-state index in [2.05, 4.69) is 15.1 Å². The zero-order valence-electron chi connectivity index (χ0n) is 19.5. The first-order valence-corrected chi connectivity index (χ1v) is 12.9. The lowest BCUT2D eigenvalue weighted by Crippen LogP contribution is -2.15. The number of nitrogens with one attached hydrogen (secondary N) is 2. The van der Waals surface area contributed by atoms with Crippen LogP contribution in [0.15, 0.2) is 47.4 Å². The molecular weight excluding hydrogens is 452 g/mol. The van der Waals surface area contributed by atoms with Gasteiger partial charge in [0.1, 0.15) is 5.82 Å². The van der Waals surface area contributed by atoms with Crippen LogP contribution in [0.3, 0.4) is 0 Å². The maximum atomic E-state index is 13.3. The molecule has 4 rings (SSSR count). The molecule has 0 bridgehead atoms. The molecule has 2 N–H and O–H groups in total. The molecule has 2 heterocycles. The van der Waals surface area contributed by atoms with Gasteiger partial charge in [0.15, 0.2) is 0 Å². The molecule has 8 nitrogen and oxygen atoms in total. The van der Waals surface area contributed by atoms with Gasteiger partial charge in [0.05, 0.1) is 10.6 Å². The molecule has 0 atom stereocenters. The number of carbonyl (C=O) groups is 2. The number of fused-ring (bicyclic) bond motifs is 1. The van der Waals surface area contributed by atoms with E-state index in [9.17, 15) is 18.0 Å². The van der Waals surface area contributed by atoms with Crippen molar-refractivity contribution in [3.05, 3.63) is 59.3 Å². The lowest BCUT2D eigenvalue weighted by atomic mass is 10.0. The minimum atomic E-state index is -3.89. The smallest absolute Gasteiger partial charge is 0.262 e. The van der Waals surface area contributed by atoms with E-state index in [0.717, 1.165) is 18.4 Å². The highest BCUT2D eigenvalue weighted by molar-refractivity contribution is 7.92. The topological polar surface area (TPSA) is 110 Å². The predicted molar refractivity (Wildman–Crippen MR) is 132 cm³/mol. The van der Waals surface area contributed by atoms with Crippen LogP contribution in [-0.4, -0.2) is 30.0 Å². The molecule has 34 heavy (non-hydrogen) atoms. The quantitative estimate of drug-likeness (QED) is 0.516. The third-order valence-corrected chi connectivity index (χ3v) is 7.38. The Bertz CT molecular complexity index is 1380. The maximum Gasteiger partial charge on any atom is 0.262 e. The fraction of sp³-hybridized carbons (Fsp3) is 0.320. The van der Waals surface area contributed by atoms with E-state index in [0.29, 0.717) is 40.3 Å². The Labute approximate surface area is 199 Å². The monoisotopic (exact) mass is 480 g/mol. The second kappa shape index (κ2) is 9.42. The number of hydrogen-bond donors (Lipinski definition) is 2. The molecule has 0 radical (unpaired) electrons. The van der Waals surface area contributed by atoms with Gasteiger partial charge in [-0.2, -0.15) is 9.78 Å². The van der Waals surface area contributed by atoms with Crippen molar-refractivity contribution < 1.29 is 18.0 Å². The average molecular weight is 481 g/mol. The Balaban J connectivity index is 1.82. The van der Waals surface area contributed by atoms with Crippen LogP contribution in [0.25, 0.3) is 11.1 Å². The molecule has 178 valence electrons. The van der Waals surface area contributed by atoms with Crippen molar-refractivity contribution in [3.63, 3.8) is 0 Å². The molecule has 1 aliphatic heterocycles. The average Bonchev–Trinajstić information content (AvgIpc) is 3.08. The van der Waals surface area contributed by atoms with Crippen LogP contribution >= 0.6 is 0 Å². The van der Waals surface area contributed by atoms with Crippen molar-refractivity contribution in [2.75, 3.05) is 10.0 Å². The van der Waals surface area contributed by atoms with Gasteiger partial charge in [0.25, 0.3) is 10.0 Å². The lowest BCUT2D eigenvalue weighted by Gasteiger charge is -2.14. The Morgan fingerprint density at radius 2 is 1.88 bits per heavy atom. The summed E-state index contributed by atoms with van der Waals surface area (Å²) in [6.45, 7) is 5.74. The predicted octanol–water partition coefficient (Wildman–Crippen LogP) is 4.55. The summed E-state index contributed by atoms with van der Waals surface area (Å²) < 4.78 is 30.6. The van der Waals surface area contributed by atoms with Crippen molar-refractivity contribution in [2.45, 2.75) is 57.8 Å². The number of rotatable bonds is 7. The third-order valence-electron chi connectivity index (χ3n) is 5.86. The number of anilines is 2. The van der Waals surface area contributed by atoms with E-state index in [-0.39, 0.29) is 29.6 Å². The number of carbonyl (C=O) groups excluding carboxylic acids is 2. The minimum Gasteiger partial charge on any atom is -0.310 e. The second-order valence-corrected chi connectivity index (χ2v) is 10.1. The van der Waals surface area contributed by atoms with Gasteiger partial charge in [-0.05, 0) is 54.7 Å². The van der Waals surface area contributed by atoms with Crippen LogP contribution in [0, 0.1) is 6.92 Å². The van der Waals surface area contributed by atoms with Crippen LogP contribution in [0.4, 0.5) is 11.5 Å². The standard InChI is InChI=1S/C25H28N4O4S/c1-4-7-20-24(25-26-22(30)12-13-23(31)29(25)27-20)18-11-10-16(3)21(15-18)34(32,33)28-19-9-6-8-17(5-2)14-19/h6,8-11,14-15,28H,4-5,7,12-13H2,1-3H3,(H,26,30). The number of nitrogens with zero attached hydrogens (tertiary/aromatic N) is 2. The molecule has 0 saturated heterocycles. The normalized spacial score (nSPS) is 13.9.